The number of ether oxygens (including phenoxy) is 1. The highest BCUT2D eigenvalue weighted by Crippen LogP contribution is 2.19. The number of carbonyl (C=O) groups is 1. The molecule has 3 aromatic carbocycles. The van der Waals surface area contributed by atoms with Crippen LogP contribution >= 0.6 is 0 Å². The molecule has 3 aromatic rings. The number of benzene rings is 3. The van der Waals surface area contributed by atoms with E-state index in [1.807, 2.05) is 42.5 Å². The van der Waals surface area contributed by atoms with Crippen LogP contribution in [0.5, 0.6) is 5.75 Å². The van der Waals surface area contributed by atoms with Gasteiger partial charge in [0.05, 0.1) is 12.5 Å². The molecule has 26 heavy (non-hydrogen) atoms. The average molecular weight is 355 g/mol. The van der Waals surface area contributed by atoms with Crippen molar-refractivity contribution in [3.8, 4) is 5.75 Å². The van der Waals surface area contributed by atoms with E-state index in [0.29, 0.717) is 0 Å². The molecule has 1 N–H and O–H groups in total. The number of halogens is 2. The second-order valence-corrected chi connectivity index (χ2v) is 6.17. The summed E-state index contributed by atoms with van der Waals surface area (Å²) in [7, 11) is 0. The van der Waals surface area contributed by atoms with Gasteiger partial charge in [-0.1, -0.05) is 42.5 Å². The highest BCUT2D eigenvalue weighted by molar-refractivity contribution is 5.90. The Bertz CT molecular complexity index is 922. The van der Waals surface area contributed by atoms with Gasteiger partial charge in [0, 0.05) is 6.07 Å². The van der Waals surface area contributed by atoms with Crippen molar-refractivity contribution in [3.05, 3.63) is 77.9 Å². The number of amides is 1. The largest absolute Gasteiger partial charge is 0.488 e. The molecule has 0 saturated heterocycles. The Hall–Kier alpha value is -2.95. The molecule has 0 fully saturated rings. The topological polar surface area (TPSA) is 38.3 Å². The zero-order chi connectivity index (χ0) is 18.5. The maximum atomic E-state index is 13.5. The molecule has 1 unspecified atom stereocenters. The minimum atomic E-state index is -0.765. The normalized spacial score (nSPS) is 12.0. The molecule has 0 bridgehead atoms. The Morgan fingerprint density at radius 2 is 1.85 bits per heavy atom. The molecule has 0 spiro atoms. The fourth-order valence-corrected chi connectivity index (χ4v) is 2.79. The number of fused-ring (bicyclic) bond motifs is 1. The maximum Gasteiger partial charge on any atom is 0.224 e. The zero-order valence-corrected chi connectivity index (χ0v) is 14.3. The van der Waals surface area contributed by atoms with Crippen LogP contribution in [-0.4, -0.2) is 18.6 Å². The van der Waals surface area contributed by atoms with Crippen molar-refractivity contribution < 1.29 is 18.3 Å². The van der Waals surface area contributed by atoms with E-state index in [2.05, 4.69) is 5.32 Å². The molecule has 1 atom stereocenters. The molecule has 1 amide bonds. The molecule has 0 radical (unpaired) electrons. The van der Waals surface area contributed by atoms with Crippen LogP contribution in [0.15, 0.2) is 60.7 Å². The third-order valence-corrected chi connectivity index (χ3v) is 4.02. The predicted octanol–water partition coefficient (Wildman–Crippen LogP) is 4.24. The van der Waals surface area contributed by atoms with Crippen LogP contribution in [0.4, 0.5) is 8.78 Å². The van der Waals surface area contributed by atoms with Gasteiger partial charge in [-0.2, -0.15) is 0 Å². The van der Waals surface area contributed by atoms with Crippen LogP contribution in [0, 0.1) is 11.6 Å². The lowest BCUT2D eigenvalue weighted by molar-refractivity contribution is -0.121. The number of rotatable bonds is 6. The fraction of sp³-hybridized carbons (Fsp3) is 0.190. The summed E-state index contributed by atoms with van der Waals surface area (Å²) in [6.45, 7) is 1.85. The first-order valence-corrected chi connectivity index (χ1v) is 8.37. The molecular formula is C21H19F2NO2. The molecular weight excluding hydrogens is 336 g/mol. The summed E-state index contributed by atoms with van der Waals surface area (Å²) in [6.07, 6.45) is 0.247. The van der Waals surface area contributed by atoms with Crippen molar-refractivity contribution in [2.45, 2.75) is 19.4 Å². The SMILES string of the molecule is CC(COc1ccc(F)cc1F)NC(=O)Cc1cccc2ccccc12. The summed E-state index contributed by atoms with van der Waals surface area (Å²) in [4.78, 5) is 12.3. The molecule has 3 nitrogen and oxygen atoms in total. The van der Waals surface area contributed by atoms with Crippen molar-refractivity contribution in [2.24, 2.45) is 0 Å². The minimum absolute atomic E-state index is 0.0402. The van der Waals surface area contributed by atoms with Gasteiger partial charge in [0.2, 0.25) is 5.91 Å². The van der Waals surface area contributed by atoms with Gasteiger partial charge in [0.25, 0.3) is 0 Å². The molecule has 3 rings (SSSR count). The summed E-state index contributed by atoms with van der Waals surface area (Å²) in [5, 5.41) is 4.96. The average Bonchev–Trinajstić information content (AvgIpc) is 2.61. The van der Waals surface area contributed by atoms with Gasteiger partial charge < -0.3 is 10.1 Å². The monoisotopic (exact) mass is 355 g/mol. The van der Waals surface area contributed by atoms with E-state index in [0.717, 1.165) is 28.5 Å². The lowest BCUT2D eigenvalue weighted by Crippen LogP contribution is -2.37. The van der Waals surface area contributed by atoms with Gasteiger partial charge in [-0.3, -0.25) is 4.79 Å². The summed E-state index contributed by atoms with van der Waals surface area (Å²) in [5.41, 5.74) is 0.943. The molecule has 0 aliphatic heterocycles. The van der Waals surface area contributed by atoms with Gasteiger partial charge in [-0.05, 0) is 35.4 Å². The van der Waals surface area contributed by atoms with Gasteiger partial charge in [0.1, 0.15) is 12.4 Å². The van der Waals surface area contributed by atoms with E-state index in [9.17, 15) is 13.6 Å². The van der Waals surface area contributed by atoms with Crippen molar-refractivity contribution in [3.63, 3.8) is 0 Å². The highest BCUT2D eigenvalue weighted by Gasteiger charge is 2.12. The fourth-order valence-electron chi connectivity index (χ4n) is 2.79. The van der Waals surface area contributed by atoms with Crippen molar-refractivity contribution in [2.75, 3.05) is 6.61 Å². The maximum absolute atomic E-state index is 13.5. The van der Waals surface area contributed by atoms with Crippen LogP contribution in [-0.2, 0) is 11.2 Å². The molecule has 0 saturated carbocycles. The van der Waals surface area contributed by atoms with Gasteiger partial charge in [-0.25, -0.2) is 8.78 Å². The lowest BCUT2D eigenvalue weighted by atomic mass is 10.0. The number of hydrogen-bond donors (Lipinski definition) is 1. The molecule has 0 heterocycles. The molecule has 5 heteroatoms. The highest BCUT2D eigenvalue weighted by atomic mass is 19.1. The van der Waals surface area contributed by atoms with E-state index < -0.39 is 11.6 Å². The van der Waals surface area contributed by atoms with Crippen molar-refractivity contribution in [1.82, 2.24) is 5.32 Å². The second kappa shape index (κ2) is 7.95. The van der Waals surface area contributed by atoms with E-state index >= 15 is 0 Å². The van der Waals surface area contributed by atoms with Crippen LogP contribution in [0.2, 0.25) is 0 Å². The summed E-state index contributed by atoms with van der Waals surface area (Å²) in [6, 6.07) is 16.6. The van der Waals surface area contributed by atoms with Crippen molar-refractivity contribution >= 4 is 16.7 Å². The molecule has 0 aromatic heterocycles. The number of hydrogen-bond acceptors (Lipinski definition) is 2. The van der Waals surface area contributed by atoms with Gasteiger partial charge in [-0.15, -0.1) is 0 Å². The third-order valence-electron chi connectivity index (χ3n) is 4.02. The van der Waals surface area contributed by atoms with Crippen LogP contribution in [0.25, 0.3) is 10.8 Å². The summed E-state index contributed by atoms with van der Waals surface area (Å²) < 4.78 is 31.7. The number of carbonyl (C=O) groups excluding carboxylic acids is 1. The summed E-state index contributed by atoms with van der Waals surface area (Å²) >= 11 is 0. The van der Waals surface area contributed by atoms with E-state index in [-0.39, 0.29) is 30.7 Å². The Morgan fingerprint density at radius 1 is 1.08 bits per heavy atom. The Labute approximate surface area is 150 Å². The lowest BCUT2D eigenvalue weighted by Gasteiger charge is -2.16. The first-order chi connectivity index (χ1) is 12.5. The van der Waals surface area contributed by atoms with E-state index in [4.69, 9.17) is 4.74 Å². The molecule has 0 aliphatic rings. The quantitative estimate of drug-likeness (QED) is 0.718. The Morgan fingerprint density at radius 3 is 2.65 bits per heavy atom. The Kier molecular flexibility index (Phi) is 5.46. The van der Waals surface area contributed by atoms with Gasteiger partial charge in [0.15, 0.2) is 11.6 Å². The standard InChI is InChI=1S/C21H19F2NO2/c1-14(13-26-20-10-9-17(22)12-19(20)23)24-21(25)11-16-7-4-6-15-5-2-3-8-18(15)16/h2-10,12,14H,11,13H2,1H3,(H,24,25). The molecule has 0 aliphatic carbocycles. The summed E-state index contributed by atoms with van der Waals surface area (Å²) in [5.74, 6) is -1.61. The predicted molar refractivity (Wildman–Crippen MR) is 97.1 cm³/mol. The van der Waals surface area contributed by atoms with Crippen LogP contribution < -0.4 is 10.1 Å². The van der Waals surface area contributed by atoms with Crippen LogP contribution in [0.3, 0.4) is 0 Å². The molecule has 134 valence electrons. The van der Waals surface area contributed by atoms with Crippen LogP contribution in [0.1, 0.15) is 12.5 Å². The van der Waals surface area contributed by atoms with Gasteiger partial charge >= 0.3 is 0 Å². The number of nitrogens with one attached hydrogen (secondary N) is 1. The third kappa shape index (κ3) is 4.36. The van der Waals surface area contributed by atoms with E-state index in [1.54, 1.807) is 6.92 Å². The van der Waals surface area contributed by atoms with Crippen molar-refractivity contribution in [1.29, 1.82) is 0 Å². The minimum Gasteiger partial charge on any atom is -0.488 e. The van der Waals surface area contributed by atoms with E-state index in [1.165, 1.54) is 6.07 Å². The Balaban J connectivity index is 1.57. The second-order valence-electron chi connectivity index (χ2n) is 6.17. The first-order valence-electron chi connectivity index (χ1n) is 8.37. The zero-order valence-electron chi connectivity index (χ0n) is 14.3. The first kappa shape index (κ1) is 17.9. The smallest absolute Gasteiger partial charge is 0.224 e.